The summed E-state index contributed by atoms with van der Waals surface area (Å²) in [6.07, 6.45) is 0.781. The second kappa shape index (κ2) is 6.71. The minimum absolute atomic E-state index is 0.0416. The number of halogens is 1. The highest BCUT2D eigenvalue weighted by Crippen LogP contribution is 2.25. The van der Waals surface area contributed by atoms with Gasteiger partial charge >= 0.3 is 0 Å². The molecule has 104 valence electrons. The fraction of sp³-hybridized carbons (Fsp3) is 0.235. The number of benzene rings is 2. The zero-order chi connectivity index (χ0) is 14.5. The molecule has 20 heavy (non-hydrogen) atoms. The first-order valence-corrected chi connectivity index (χ1v) is 7.53. The number of anilines is 1. The molecule has 1 amide bonds. The molecule has 0 aliphatic rings. The zero-order valence-corrected chi connectivity index (χ0v) is 13.3. The summed E-state index contributed by atoms with van der Waals surface area (Å²) >= 11 is 3.43. The summed E-state index contributed by atoms with van der Waals surface area (Å²) < 4.78 is 0.964. The van der Waals surface area contributed by atoms with E-state index in [1.807, 2.05) is 62.4 Å². The molecule has 0 saturated heterocycles. The van der Waals surface area contributed by atoms with Gasteiger partial charge in [0.25, 0.3) is 0 Å². The first kappa shape index (κ1) is 14.8. The van der Waals surface area contributed by atoms with E-state index in [0.29, 0.717) is 0 Å². The van der Waals surface area contributed by atoms with Crippen molar-refractivity contribution in [3.63, 3.8) is 0 Å². The van der Waals surface area contributed by atoms with Crippen LogP contribution in [0.3, 0.4) is 0 Å². The quantitative estimate of drug-likeness (QED) is 0.849. The molecule has 0 fully saturated rings. The molecule has 2 aromatic carbocycles. The molecule has 0 aromatic heterocycles. The van der Waals surface area contributed by atoms with Crippen LogP contribution in [0, 0.1) is 6.92 Å². The van der Waals surface area contributed by atoms with Gasteiger partial charge in [0.15, 0.2) is 0 Å². The van der Waals surface area contributed by atoms with Crippen LogP contribution in [0.15, 0.2) is 53.0 Å². The lowest BCUT2D eigenvalue weighted by molar-refractivity contribution is -0.117. The van der Waals surface area contributed by atoms with Gasteiger partial charge in [0.1, 0.15) is 0 Å². The second-order valence-electron chi connectivity index (χ2n) is 4.82. The number of aryl methyl sites for hydroxylation is 1. The number of rotatable bonds is 4. The predicted octanol–water partition coefficient (Wildman–Crippen LogP) is 4.89. The van der Waals surface area contributed by atoms with Crippen molar-refractivity contribution >= 4 is 27.5 Å². The van der Waals surface area contributed by atoms with Crippen LogP contribution in [-0.2, 0) is 4.79 Å². The Morgan fingerprint density at radius 2 is 1.90 bits per heavy atom. The van der Waals surface area contributed by atoms with Crippen LogP contribution in [0.5, 0.6) is 0 Å². The van der Waals surface area contributed by atoms with Crippen molar-refractivity contribution in [3.8, 4) is 0 Å². The van der Waals surface area contributed by atoms with Crippen molar-refractivity contribution in [3.05, 3.63) is 64.1 Å². The van der Waals surface area contributed by atoms with Gasteiger partial charge in [0, 0.05) is 10.2 Å². The van der Waals surface area contributed by atoms with Gasteiger partial charge in [-0.1, -0.05) is 59.3 Å². The Kier molecular flexibility index (Phi) is 4.96. The van der Waals surface area contributed by atoms with Crippen molar-refractivity contribution < 1.29 is 4.79 Å². The van der Waals surface area contributed by atoms with Crippen LogP contribution in [0.1, 0.15) is 30.4 Å². The average Bonchev–Trinajstić information content (AvgIpc) is 2.45. The van der Waals surface area contributed by atoms with E-state index < -0.39 is 0 Å². The maximum atomic E-state index is 12.5. The highest BCUT2D eigenvalue weighted by Gasteiger charge is 2.19. The van der Waals surface area contributed by atoms with Crippen LogP contribution in [0.2, 0.25) is 0 Å². The molecule has 0 bridgehead atoms. The average molecular weight is 332 g/mol. The normalized spacial score (nSPS) is 11.9. The maximum absolute atomic E-state index is 12.5. The topological polar surface area (TPSA) is 29.1 Å². The van der Waals surface area contributed by atoms with Gasteiger partial charge in [-0.05, 0) is 36.6 Å². The van der Waals surface area contributed by atoms with Gasteiger partial charge in [-0.25, -0.2) is 0 Å². The summed E-state index contributed by atoms with van der Waals surface area (Å²) in [5.41, 5.74) is 2.98. The first-order valence-electron chi connectivity index (χ1n) is 6.73. The summed E-state index contributed by atoms with van der Waals surface area (Å²) in [4.78, 5) is 12.5. The Labute approximate surface area is 128 Å². The van der Waals surface area contributed by atoms with E-state index in [2.05, 4.69) is 21.2 Å². The van der Waals surface area contributed by atoms with Crippen LogP contribution in [0.25, 0.3) is 0 Å². The molecule has 3 heteroatoms. The van der Waals surface area contributed by atoms with E-state index in [4.69, 9.17) is 0 Å². The van der Waals surface area contributed by atoms with Gasteiger partial charge in [0.05, 0.1) is 5.92 Å². The molecule has 0 saturated carbocycles. The van der Waals surface area contributed by atoms with Crippen molar-refractivity contribution in [1.82, 2.24) is 0 Å². The van der Waals surface area contributed by atoms with Crippen molar-refractivity contribution in [2.45, 2.75) is 26.2 Å². The summed E-state index contributed by atoms with van der Waals surface area (Å²) in [5.74, 6) is -0.0746. The zero-order valence-electron chi connectivity index (χ0n) is 11.7. The van der Waals surface area contributed by atoms with Crippen LogP contribution < -0.4 is 5.32 Å². The third-order valence-corrected chi connectivity index (χ3v) is 3.88. The van der Waals surface area contributed by atoms with Crippen molar-refractivity contribution in [2.75, 3.05) is 5.32 Å². The lowest BCUT2D eigenvalue weighted by Crippen LogP contribution is -2.21. The van der Waals surface area contributed by atoms with Crippen molar-refractivity contribution in [1.29, 1.82) is 0 Å². The van der Waals surface area contributed by atoms with E-state index in [1.54, 1.807) is 0 Å². The van der Waals surface area contributed by atoms with Gasteiger partial charge in [-0.3, -0.25) is 4.79 Å². The monoisotopic (exact) mass is 331 g/mol. The van der Waals surface area contributed by atoms with E-state index >= 15 is 0 Å². The molecular formula is C17H18BrNO. The molecule has 2 aromatic rings. The number of carbonyl (C=O) groups is 1. The summed E-state index contributed by atoms with van der Waals surface area (Å²) in [6, 6.07) is 15.8. The number of hydrogen-bond donors (Lipinski definition) is 1. The van der Waals surface area contributed by atoms with Crippen molar-refractivity contribution in [2.24, 2.45) is 0 Å². The van der Waals surface area contributed by atoms with Crippen LogP contribution in [-0.4, -0.2) is 5.91 Å². The molecule has 0 heterocycles. The van der Waals surface area contributed by atoms with E-state index in [0.717, 1.165) is 27.7 Å². The van der Waals surface area contributed by atoms with Crippen LogP contribution in [0.4, 0.5) is 5.69 Å². The molecule has 0 spiro atoms. The predicted molar refractivity (Wildman–Crippen MR) is 87.0 cm³/mol. The third-order valence-electron chi connectivity index (χ3n) is 3.38. The first-order chi connectivity index (χ1) is 9.61. The molecule has 2 rings (SSSR count). The van der Waals surface area contributed by atoms with Gasteiger partial charge < -0.3 is 5.32 Å². The summed E-state index contributed by atoms with van der Waals surface area (Å²) in [5, 5.41) is 3.03. The van der Waals surface area contributed by atoms with Gasteiger partial charge in [-0.15, -0.1) is 0 Å². The third kappa shape index (κ3) is 3.48. The molecule has 2 nitrogen and oxygen atoms in total. The Hall–Kier alpha value is -1.61. The van der Waals surface area contributed by atoms with Gasteiger partial charge in [0.2, 0.25) is 5.91 Å². The molecule has 0 aliphatic heterocycles. The highest BCUT2D eigenvalue weighted by atomic mass is 79.9. The molecule has 1 atom stereocenters. The fourth-order valence-corrected chi connectivity index (χ4v) is 2.57. The standard InChI is InChI=1S/C17H18BrNO/c1-3-15(13-7-5-4-6-8-13)17(20)19-16-11-14(18)10-9-12(16)2/h4-11,15H,3H2,1-2H3,(H,19,20). The SMILES string of the molecule is CCC(C(=O)Nc1cc(Br)ccc1C)c1ccccc1. The van der Waals surface area contributed by atoms with Crippen LogP contribution >= 0.6 is 15.9 Å². The molecule has 0 aliphatic carbocycles. The largest absolute Gasteiger partial charge is 0.325 e. The molecular weight excluding hydrogens is 314 g/mol. The second-order valence-corrected chi connectivity index (χ2v) is 5.74. The number of carbonyl (C=O) groups excluding carboxylic acids is 1. The Bertz CT molecular complexity index is 595. The molecule has 1 unspecified atom stereocenters. The summed E-state index contributed by atoms with van der Waals surface area (Å²) in [6.45, 7) is 4.02. The minimum atomic E-state index is -0.116. The van der Waals surface area contributed by atoms with E-state index in [1.165, 1.54) is 0 Å². The fourth-order valence-electron chi connectivity index (χ4n) is 2.21. The Morgan fingerprint density at radius 1 is 1.20 bits per heavy atom. The number of nitrogens with one attached hydrogen (secondary N) is 1. The maximum Gasteiger partial charge on any atom is 0.231 e. The Balaban J connectivity index is 2.20. The van der Waals surface area contributed by atoms with Gasteiger partial charge in [-0.2, -0.15) is 0 Å². The van der Waals surface area contributed by atoms with E-state index in [9.17, 15) is 4.79 Å². The lowest BCUT2D eigenvalue weighted by atomic mass is 9.95. The number of amides is 1. The lowest BCUT2D eigenvalue weighted by Gasteiger charge is -2.16. The van der Waals surface area contributed by atoms with E-state index in [-0.39, 0.29) is 11.8 Å². The minimum Gasteiger partial charge on any atom is -0.325 e. The Morgan fingerprint density at radius 3 is 2.55 bits per heavy atom. The highest BCUT2D eigenvalue weighted by molar-refractivity contribution is 9.10. The summed E-state index contributed by atoms with van der Waals surface area (Å²) in [7, 11) is 0. The smallest absolute Gasteiger partial charge is 0.231 e. The number of hydrogen-bond acceptors (Lipinski definition) is 1. The molecule has 1 N–H and O–H groups in total. The molecule has 0 radical (unpaired) electrons.